The number of piperazine rings is 1. The van der Waals surface area contributed by atoms with E-state index in [2.05, 4.69) is 28.4 Å². The SMILES string of the molecule is O=C(Nc1ccccc1)N1CCN(C(C2=CC=CCC2)C2=COC=CO2)CC1. The van der Waals surface area contributed by atoms with Gasteiger partial charge >= 0.3 is 6.03 Å². The maximum Gasteiger partial charge on any atom is 0.321 e. The largest absolute Gasteiger partial charge is 0.466 e. The molecular formula is C22H25N3O3. The van der Waals surface area contributed by atoms with E-state index in [-0.39, 0.29) is 12.1 Å². The Morgan fingerprint density at radius 3 is 2.57 bits per heavy atom. The Labute approximate surface area is 165 Å². The highest BCUT2D eigenvalue weighted by Gasteiger charge is 2.32. The lowest BCUT2D eigenvalue weighted by Crippen LogP contribution is -2.54. The van der Waals surface area contributed by atoms with Crippen LogP contribution in [0.25, 0.3) is 0 Å². The Morgan fingerprint density at radius 2 is 1.89 bits per heavy atom. The van der Waals surface area contributed by atoms with Crippen LogP contribution in [-0.4, -0.2) is 48.1 Å². The number of allylic oxidation sites excluding steroid dienone is 3. The van der Waals surface area contributed by atoms with Crippen LogP contribution in [0.15, 0.2) is 78.7 Å². The summed E-state index contributed by atoms with van der Waals surface area (Å²) in [5, 5.41) is 2.97. The standard InChI is InChI=1S/C22H25N3O3/c26-22(23-19-9-5-2-6-10-19)25-13-11-24(12-14-25)21(18-7-3-1-4-8-18)20-17-27-15-16-28-20/h1-3,5-7,9-10,15-17,21H,4,8,11-14H2,(H,23,26). The summed E-state index contributed by atoms with van der Waals surface area (Å²) in [6.07, 6.45) is 13.3. The van der Waals surface area contributed by atoms with Crippen LogP contribution in [0, 0.1) is 0 Å². The van der Waals surface area contributed by atoms with Gasteiger partial charge in [-0.25, -0.2) is 4.79 Å². The molecule has 1 aliphatic carbocycles. The molecule has 4 rings (SSSR count). The van der Waals surface area contributed by atoms with Crippen molar-refractivity contribution < 1.29 is 14.3 Å². The molecule has 1 unspecified atom stereocenters. The highest BCUT2D eigenvalue weighted by molar-refractivity contribution is 5.89. The summed E-state index contributed by atoms with van der Waals surface area (Å²) in [5.41, 5.74) is 2.13. The molecule has 0 bridgehead atoms. The van der Waals surface area contributed by atoms with Gasteiger partial charge in [0.05, 0.1) is 6.04 Å². The van der Waals surface area contributed by atoms with Crippen LogP contribution in [-0.2, 0) is 9.47 Å². The van der Waals surface area contributed by atoms with E-state index >= 15 is 0 Å². The highest BCUT2D eigenvalue weighted by atomic mass is 16.5. The van der Waals surface area contributed by atoms with Gasteiger partial charge in [-0.15, -0.1) is 0 Å². The van der Waals surface area contributed by atoms with Crippen LogP contribution in [0.3, 0.4) is 0 Å². The van der Waals surface area contributed by atoms with Crippen molar-refractivity contribution in [1.82, 2.24) is 9.80 Å². The first-order chi connectivity index (χ1) is 13.8. The van der Waals surface area contributed by atoms with Gasteiger partial charge in [-0.1, -0.05) is 36.4 Å². The molecule has 1 fully saturated rings. The molecule has 3 aliphatic rings. The predicted molar refractivity (Wildman–Crippen MR) is 108 cm³/mol. The molecule has 1 atom stereocenters. The molecule has 2 amide bonds. The number of nitrogens with one attached hydrogen (secondary N) is 1. The van der Waals surface area contributed by atoms with Crippen molar-refractivity contribution in [1.29, 1.82) is 0 Å². The van der Waals surface area contributed by atoms with Crippen molar-refractivity contribution in [2.75, 3.05) is 31.5 Å². The smallest absolute Gasteiger partial charge is 0.321 e. The van der Waals surface area contributed by atoms with Gasteiger partial charge < -0.3 is 19.7 Å². The summed E-state index contributed by atoms with van der Waals surface area (Å²) in [7, 11) is 0. The Bertz CT molecular complexity index is 806. The first kappa shape index (κ1) is 18.4. The lowest BCUT2D eigenvalue weighted by molar-refractivity contribution is 0.107. The van der Waals surface area contributed by atoms with Gasteiger partial charge in [-0.05, 0) is 30.5 Å². The third-order valence-corrected chi connectivity index (χ3v) is 5.18. The zero-order valence-corrected chi connectivity index (χ0v) is 15.8. The number of hydrogen-bond donors (Lipinski definition) is 1. The fraction of sp³-hybridized carbons (Fsp3) is 0.318. The average molecular weight is 379 g/mol. The zero-order valence-electron chi connectivity index (χ0n) is 15.8. The zero-order chi connectivity index (χ0) is 19.2. The third-order valence-electron chi connectivity index (χ3n) is 5.18. The molecule has 0 radical (unpaired) electrons. The van der Waals surface area contributed by atoms with Gasteiger partial charge in [0.15, 0.2) is 5.76 Å². The second-order valence-electron chi connectivity index (χ2n) is 6.98. The van der Waals surface area contributed by atoms with E-state index in [0.717, 1.165) is 37.4 Å². The van der Waals surface area contributed by atoms with Crippen molar-refractivity contribution in [3.63, 3.8) is 0 Å². The number of carbonyl (C=O) groups is 1. The van der Waals surface area contributed by atoms with Gasteiger partial charge in [0.2, 0.25) is 0 Å². The lowest BCUT2D eigenvalue weighted by Gasteiger charge is -2.40. The van der Waals surface area contributed by atoms with E-state index in [0.29, 0.717) is 13.1 Å². The first-order valence-corrected chi connectivity index (χ1v) is 9.69. The van der Waals surface area contributed by atoms with E-state index in [1.165, 1.54) is 11.8 Å². The number of benzene rings is 1. The second kappa shape index (κ2) is 8.80. The number of amides is 2. The third kappa shape index (κ3) is 4.28. The topological polar surface area (TPSA) is 54.0 Å². The molecule has 1 saturated heterocycles. The van der Waals surface area contributed by atoms with Crippen molar-refractivity contribution in [2.24, 2.45) is 0 Å². The number of hydrogen-bond acceptors (Lipinski definition) is 4. The monoisotopic (exact) mass is 379 g/mol. The van der Waals surface area contributed by atoms with Crippen molar-refractivity contribution in [3.05, 3.63) is 78.7 Å². The van der Waals surface area contributed by atoms with Gasteiger partial charge in [-0.3, -0.25) is 4.90 Å². The molecule has 2 aliphatic heterocycles. The predicted octanol–water partition coefficient (Wildman–Crippen LogP) is 3.84. The molecule has 146 valence electrons. The van der Waals surface area contributed by atoms with Crippen molar-refractivity contribution in [2.45, 2.75) is 18.9 Å². The molecule has 1 aromatic rings. The summed E-state index contributed by atoms with van der Waals surface area (Å²) in [6, 6.07) is 9.54. The van der Waals surface area contributed by atoms with Crippen LogP contribution < -0.4 is 5.32 Å². The maximum atomic E-state index is 12.6. The summed E-state index contributed by atoms with van der Waals surface area (Å²) in [5.74, 6) is 0.797. The molecule has 0 spiro atoms. The lowest BCUT2D eigenvalue weighted by atomic mass is 9.94. The van der Waals surface area contributed by atoms with E-state index in [1.807, 2.05) is 35.2 Å². The molecule has 6 nitrogen and oxygen atoms in total. The molecule has 0 aromatic heterocycles. The van der Waals surface area contributed by atoms with Gasteiger partial charge in [0.1, 0.15) is 18.8 Å². The Balaban J connectivity index is 1.41. The minimum atomic E-state index is -0.0541. The average Bonchev–Trinajstić information content (AvgIpc) is 2.77. The van der Waals surface area contributed by atoms with Crippen LogP contribution in [0.4, 0.5) is 10.5 Å². The fourth-order valence-electron chi connectivity index (χ4n) is 3.75. The first-order valence-electron chi connectivity index (χ1n) is 9.69. The Hall–Kier alpha value is -2.99. The number of urea groups is 1. The van der Waals surface area contributed by atoms with E-state index < -0.39 is 0 Å². The molecule has 0 saturated carbocycles. The highest BCUT2D eigenvalue weighted by Crippen LogP contribution is 2.28. The van der Waals surface area contributed by atoms with E-state index in [4.69, 9.17) is 9.47 Å². The number of para-hydroxylation sites is 1. The molecule has 2 heterocycles. The van der Waals surface area contributed by atoms with Crippen molar-refractivity contribution >= 4 is 11.7 Å². The maximum absolute atomic E-state index is 12.6. The molecule has 28 heavy (non-hydrogen) atoms. The fourth-order valence-corrected chi connectivity index (χ4v) is 3.75. The number of rotatable bonds is 4. The molecule has 6 heteroatoms. The quantitative estimate of drug-likeness (QED) is 0.864. The number of nitrogens with zero attached hydrogens (tertiary/aromatic N) is 2. The van der Waals surface area contributed by atoms with Gasteiger partial charge in [-0.2, -0.15) is 0 Å². The summed E-state index contributed by atoms with van der Waals surface area (Å²) < 4.78 is 11.1. The normalized spacial score (nSPS) is 20.5. The Morgan fingerprint density at radius 1 is 1.07 bits per heavy atom. The van der Waals surface area contributed by atoms with Crippen LogP contribution in [0.1, 0.15) is 12.8 Å². The summed E-state index contributed by atoms with van der Waals surface area (Å²) in [6.45, 7) is 2.89. The molecule has 1 N–H and O–H groups in total. The summed E-state index contributed by atoms with van der Waals surface area (Å²) in [4.78, 5) is 16.8. The van der Waals surface area contributed by atoms with E-state index in [9.17, 15) is 4.79 Å². The minimum Gasteiger partial charge on any atom is -0.466 e. The van der Waals surface area contributed by atoms with Gasteiger partial charge in [0, 0.05) is 31.9 Å². The van der Waals surface area contributed by atoms with Gasteiger partial charge in [0.25, 0.3) is 0 Å². The number of anilines is 1. The Kier molecular flexibility index (Phi) is 5.77. The van der Waals surface area contributed by atoms with Crippen LogP contribution >= 0.6 is 0 Å². The number of ether oxygens (including phenoxy) is 2. The van der Waals surface area contributed by atoms with Crippen molar-refractivity contribution in [3.8, 4) is 0 Å². The molecular weight excluding hydrogens is 354 g/mol. The van der Waals surface area contributed by atoms with Crippen LogP contribution in [0.5, 0.6) is 0 Å². The molecule has 1 aromatic carbocycles. The van der Waals surface area contributed by atoms with E-state index in [1.54, 1.807) is 12.5 Å². The number of carbonyl (C=O) groups excluding carboxylic acids is 1. The second-order valence-corrected chi connectivity index (χ2v) is 6.98. The van der Waals surface area contributed by atoms with Crippen LogP contribution in [0.2, 0.25) is 0 Å². The minimum absolute atomic E-state index is 0.0363. The summed E-state index contributed by atoms with van der Waals surface area (Å²) >= 11 is 0.